The van der Waals surface area contributed by atoms with E-state index in [-0.39, 0.29) is 5.91 Å². The van der Waals surface area contributed by atoms with Gasteiger partial charge in [-0.1, -0.05) is 12.2 Å². The molecule has 0 aromatic heterocycles. The zero-order valence-electron chi connectivity index (χ0n) is 10.7. The van der Waals surface area contributed by atoms with Gasteiger partial charge in [0.05, 0.1) is 17.6 Å². The first-order valence-corrected chi connectivity index (χ1v) is 6.28. The first-order valence-electron chi connectivity index (χ1n) is 6.28. The van der Waals surface area contributed by atoms with E-state index < -0.39 is 17.8 Å². The molecule has 5 nitrogen and oxygen atoms in total. The van der Waals surface area contributed by atoms with Gasteiger partial charge in [0.1, 0.15) is 0 Å². The fraction of sp³-hybridized carbons (Fsp3) is 0.267. The number of nitrogens with one attached hydrogen (secondary N) is 1. The van der Waals surface area contributed by atoms with Crippen LogP contribution in [0.4, 0.5) is 5.69 Å². The summed E-state index contributed by atoms with van der Waals surface area (Å²) in [5.41, 5.74) is 1.04. The number of carbonyl (C=O) groups is 2. The zero-order chi connectivity index (χ0) is 14.5. The van der Waals surface area contributed by atoms with E-state index in [0.717, 1.165) is 0 Å². The summed E-state index contributed by atoms with van der Waals surface area (Å²) < 4.78 is 0. The van der Waals surface area contributed by atoms with Gasteiger partial charge in [0.15, 0.2) is 0 Å². The number of benzene rings is 1. The quantitative estimate of drug-likeness (QED) is 0.822. The second-order valence-electron chi connectivity index (χ2n) is 4.65. The van der Waals surface area contributed by atoms with Gasteiger partial charge in [0, 0.05) is 17.6 Å². The minimum Gasteiger partial charge on any atom is -0.550 e. The fourth-order valence-corrected chi connectivity index (χ4v) is 2.23. The number of allylic oxidation sites excluding steroid dienone is 2. The van der Waals surface area contributed by atoms with Gasteiger partial charge in [-0.25, -0.2) is 0 Å². The van der Waals surface area contributed by atoms with Crippen LogP contribution in [0.2, 0.25) is 0 Å². The number of rotatable bonds is 3. The Morgan fingerprint density at radius 2 is 1.75 bits per heavy atom. The number of hydrogen-bond donors (Lipinski definition) is 1. The monoisotopic (exact) mass is 269 g/mol. The lowest BCUT2D eigenvalue weighted by Gasteiger charge is -2.28. The maximum Gasteiger partial charge on any atom is 0.228 e. The van der Waals surface area contributed by atoms with Crippen molar-refractivity contribution >= 4 is 17.6 Å². The first kappa shape index (κ1) is 13.8. The van der Waals surface area contributed by atoms with Crippen molar-refractivity contribution in [3.63, 3.8) is 0 Å². The zero-order valence-corrected chi connectivity index (χ0v) is 10.7. The van der Waals surface area contributed by atoms with Gasteiger partial charge >= 0.3 is 0 Å². The molecule has 0 spiro atoms. The van der Waals surface area contributed by atoms with E-state index in [1.54, 1.807) is 30.3 Å². The summed E-state index contributed by atoms with van der Waals surface area (Å²) in [7, 11) is 0. The molecule has 5 heteroatoms. The molecule has 0 radical (unpaired) electrons. The second-order valence-corrected chi connectivity index (χ2v) is 4.65. The minimum absolute atomic E-state index is 0.313. The first-order chi connectivity index (χ1) is 9.61. The van der Waals surface area contributed by atoms with E-state index in [1.165, 1.54) is 0 Å². The number of nitriles is 1. The topological polar surface area (TPSA) is 93.0 Å². The fourth-order valence-electron chi connectivity index (χ4n) is 2.23. The summed E-state index contributed by atoms with van der Waals surface area (Å²) in [5, 5.41) is 22.4. The maximum absolute atomic E-state index is 12.1. The largest absolute Gasteiger partial charge is 0.550 e. The Kier molecular flexibility index (Phi) is 4.16. The third kappa shape index (κ3) is 3.04. The number of anilines is 1. The van der Waals surface area contributed by atoms with E-state index >= 15 is 0 Å². The van der Waals surface area contributed by atoms with Gasteiger partial charge in [-0.05, 0) is 37.1 Å². The highest BCUT2D eigenvalue weighted by molar-refractivity contribution is 5.95. The molecule has 0 fully saturated rings. The molecule has 0 aliphatic heterocycles. The molecule has 0 bridgehead atoms. The lowest BCUT2D eigenvalue weighted by Crippen LogP contribution is -2.41. The van der Waals surface area contributed by atoms with Crippen LogP contribution in [0, 0.1) is 23.2 Å². The predicted octanol–water partition coefficient (Wildman–Crippen LogP) is 0.829. The molecule has 102 valence electrons. The number of aliphatic carboxylic acids is 1. The average molecular weight is 269 g/mol. The van der Waals surface area contributed by atoms with Crippen molar-refractivity contribution in [2.75, 3.05) is 5.32 Å². The lowest BCUT2D eigenvalue weighted by molar-refractivity contribution is -0.313. The predicted molar refractivity (Wildman–Crippen MR) is 70.1 cm³/mol. The number of nitrogens with zero attached hydrogens (tertiary/aromatic N) is 1. The molecule has 1 aliphatic carbocycles. The molecule has 1 amide bonds. The Labute approximate surface area is 116 Å². The molecule has 20 heavy (non-hydrogen) atoms. The molecule has 2 rings (SSSR count). The highest BCUT2D eigenvalue weighted by Crippen LogP contribution is 2.26. The van der Waals surface area contributed by atoms with E-state index in [9.17, 15) is 14.7 Å². The Hall–Kier alpha value is -2.61. The van der Waals surface area contributed by atoms with E-state index in [0.29, 0.717) is 24.1 Å². The molecular formula is C15H13N2O3-. The second kappa shape index (κ2) is 6.02. The number of amides is 1. The molecule has 1 aromatic rings. The average Bonchev–Trinajstić information content (AvgIpc) is 2.48. The van der Waals surface area contributed by atoms with Crippen LogP contribution >= 0.6 is 0 Å². The molecule has 2 atom stereocenters. The van der Waals surface area contributed by atoms with Crippen molar-refractivity contribution in [1.82, 2.24) is 0 Å². The molecule has 1 aliphatic rings. The third-order valence-electron chi connectivity index (χ3n) is 3.35. The standard InChI is InChI=1S/C15H14N2O3/c16-9-10-5-7-11(8-6-10)17-14(18)12-3-1-2-4-13(12)15(19)20/h1-2,5-8,12-13H,3-4H2,(H,17,18)(H,19,20)/p-1/t12-,13+/m1/s1. The van der Waals surface area contributed by atoms with Crippen molar-refractivity contribution < 1.29 is 14.7 Å². The van der Waals surface area contributed by atoms with Crippen LogP contribution in [-0.4, -0.2) is 11.9 Å². The normalized spacial score (nSPS) is 20.9. The molecule has 1 aromatic carbocycles. The minimum atomic E-state index is -1.20. The molecule has 0 heterocycles. The lowest BCUT2D eigenvalue weighted by atomic mass is 9.82. The molecule has 0 saturated heterocycles. The summed E-state index contributed by atoms with van der Waals surface area (Å²) in [6, 6.07) is 8.39. The number of carboxylic acid groups (broad SMARTS) is 1. The summed E-state index contributed by atoms with van der Waals surface area (Å²) in [6.07, 6.45) is 4.27. The summed E-state index contributed by atoms with van der Waals surface area (Å²) in [5.74, 6) is -2.96. The van der Waals surface area contributed by atoms with Crippen molar-refractivity contribution in [3.8, 4) is 6.07 Å². The van der Waals surface area contributed by atoms with Gasteiger partial charge < -0.3 is 15.2 Å². The number of hydrogen-bond acceptors (Lipinski definition) is 4. The molecule has 0 saturated carbocycles. The maximum atomic E-state index is 12.1. The smallest absolute Gasteiger partial charge is 0.228 e. The summed E-state index contributed by atoms with van der Waals surface area (Å²) >= 11 is 0. The van der Waals surface area contributed by atoms with Crippen molar-refractivity contribution in [1.29, 1.82) is 5.26 Å². The van der Waals surface area contributed by atoms with Gasteiger partial charge in [-0.15, -0.1) is 0 Å². The van der Waals surface area contributed by atoms with Crippen molar-refractivity contribution in [2.45, 2.75) is 12.8 Å². The number of carbonyl (C=O) groups excluding carboxylic acids is 2. The third-order valence-corrected chi connectivity index (χ3v) is 3.35. The van der Waals surface area contributed by atoms with Gasteiger partial charge in [-0.3, -0.25) is 4.79 Å². The van der Waals surface area contributed by atoms with Crippen LogP contribution in [0.3, 0.4) is 0 Å². The SMILES string of the molecule is N#Cc1ccc(NC(=O)[C@@H]2CC=CC[C@@H]2C(=O)[O-])cc1. The van der Waals surface area contributed by atoms with Crippen molar-refractivity contribution in [2.24, 2.45) is 11.8 Å². The van der Waals surface area contributed by atoms with E-state index in [1.807, 2.05) is 12.1 Å². The highest BCUT2D eigenvalue weighted by atomic mass is 16.4. The van der Waals surface area contributed by atoms with Crippen molar-refractivity contribution in [3.05, 3.63) is 42.0 Å². The van der Waals surface area contributed by atoms with Crippen LogP contribution in [-0.2, 0) is 9.59 Å². The van der Waals surface area contributed by atoms with E-state index in [4.69, 9.17) is 5.26 Å². The Morgan fingerprint density at radius 1 is 1.15 bits per heavy atom. The van der Waals surface area contributed by atoms with Crippen LogP contribution in [0.15, 0.2) is 36.4 Å². The van der Waals surface area contributed by atoms with E-state index in [2.05, 4.69) is 5.32 Å². The van der Waals surface area contributed by atoms with Crippen LogP contribution in [0.5, 0.6) is 0 Å². The highest BCUT2D eigenvalue weighted by Gasteiger charge is 2.29. The molecule has 0 unspecified atom stereocenters. The molecule has 1 N–H and O–H groups in total. The van der Waals surface area contributed by atoms with Gasteiger partial charge in [0.2, 0.25) is 5.91 Å². The summed E-state index contributed by atoms with van der Waals surface area (Å²) in [4.78, 5) is 23.2. The number of carboxylic acids is 1. The summed E-state index contributed by atoms with van der Waals surface area (Å²) in [6.45, 7) is 0. The van der Waals surface area contributed by atoms with Crippen LogP contribution in [0.25, 0.3) is 0 Å². The van der Waals surface area contributed by atoms with Gasteiger partial charge in [-0.2, -0.15) is 5.26 Å². The van der Waals surface area contributed by atoms with Crippen LogP contribution < -0.4 is 10.4 Å². The molecular weight excluding hydrogens is 256 g/mol. The Bertz CT molecular complexity index is 584. The Balaban J connectivity index is 2.08. The van der Waals surface area contributed by atoms with Gasteiger partial charge in [0.25, 0.3) is 0 Å². The van der Waals surface area contributed by atoms with Crippen LogP contribution in [0.1, 0.15) is 18.4 Å². The Morgan fingerprint density at radius 3 is 2.30 bits per heavy atom.